The Kier molecular flexibility index (Phi) is 7.76. The molecular weight excluding hydrogens is 436 g/mol. The number of nitrogens with one attached hydrogen (secondary N) is 1. The number of nitrogens with zero attached hydrogens (tertiary/aromatic N) is 1. The molecule has 3 aromatic carbocycles. The number of aryl methyl sites for hydroxylation is 2. The van der Waals surface area contributed by atoms with Crippen LogP contribution in [0.1, 0.15) is 36.6 Å². The second-order valence-electron chi connectivity index (χ2n) is 7.95. The van der Waals surface area contributed by atoms with E-state index >= 15 is 0 Å². The zero-order chi connectivity index (χ0) is 24.0. The number of benzene rings is 3. The molecule has 0 saturated heterocycles. The van der Waals surface area contributed by atoms with Crippen molar-refractivity contribution in [1.82, 2.24) is 5.32 Å². The molecule has 3 rings (SSSR count). The van der Waals surface area contributed by atoms with Crippen LogP contribution in [-0.2, 0) is 14.8 Å². The first-order valence-corrected chi connectivity index (χ1v) is 12.3. The molecule has 3 aromatic rings. The van der Waals surface area contributed by atoms with Crippen LogP contribution in [0.25, 0.3) is 0 Å². The van der Waals surface area contributed by atoms with Crippen LogP contribution < -0.4 is 14.4 Å². The molecule has 1 amide bonds. The maximum Gasteiger partial charge on any atom is 0.264 e. The fourth-order valence-corrected chi connectivity index (χ4v) is 4.87. The van der Waals surface area contributed by atoms with E-state index in [2.05, 4.69) is 5.32 Å². The van der Waals surface area contributed by atoms with E-state index < -0.39 is 15.9 Å². The number of anilines is 1. The van der Waals surface area contributed by atoms with Gasteiger partial charge in [0.2, 0.25) is 5.91 Å². The Morgan fingerprint density at radius 2 is 1.64 bits per heavy atom. The number of carbonyl (C=O) groups excluding carboxylic acids is 1. The number of rotatable bonds is 9. The molecule has 0 unspecified atom stereocenters. The van der Waals surface area contributed by atoms with Crippen molar-refractivity contribution in [3.05, 3.63) is 89.5 Å². The van der Waals surface area contributed by atoms with Gasteiger partial charge in [-0.25, -0.2) is 8.42 Å². The van der Waals surface area contributed by atoms with Gasteiger partial charge in [0.05, 0.1) is 23.2 Å². The van der Waals surface area contributed by atoms with Gasteiger partial charge >= 0.3 is 0 Å². The Bertz CT molecular complexity index is 1190. The number of ether oxygens (including phenoxy) is 1. The highest BCUT2D eigenvalue weighted by molar-refractivity contribution is 7.92. The first-order valence-electron chi connectivity index (χ1n) is 10.9. The van der Waals surface area contributed by atoms with Crippen molar-refractivity contribution >= 4 is 21.6 Å². The van der Waals surface area contributed by atoms with Gasteiger partial charge in [-0.3, -0.25) is 9.10 Å². The minimum Gasteiger partial charge on any atom is -0.494 e. The lowest BCUT2D eigenvalue weighted by Crippen LogP contribution is -2.41. The van der Waals surface area contributed by atoms with Crippen LogP contribution in [0.4, 0.5) is 5.69 Å². The largest absolute Gasteiger partial charge is 0.494 e. The van der Waals surface area contributed by atoms with Crippen molar-refractivity contribution in [3.8, 4) is 5.75 Å². The molecule has 0 aromatic heterocycles. The second-order valence-corrected chi connectivity index (χ2v) is 9.82. The summed E-state index contributed by atoms with van der Waals surface area (Å²) in [6.07, 6.45) is 0. The third kappa shape index (κ3) is 6.14. The molecule has 33 heavy (non-hydrogen) atoms. The first-order chi connectivity index (χ1) is 15.7. The summed E-state index contributed by atoms with van der Waals surface area (Å²) in [6.45, 7) is 7.80. The van der Waals surface area contributed by atoms with Crippen LogP contribution >= 0.6 is 0 Å². The van der Waals surface area contributed by atoms with Crippen LogP contribution in [0.3, 0.4) is 0 Å². The van der Waals surface area contributed by atoms with Gasteiger partial charge in [0.15, 0.2) is 0 Å². The summed E-state index contributed by atoms with van der Waals surface area (Å²) in [5.74, 6) is 0.364. The topological polar surface area (TPSA) is 75.7 Å². The van der Waals surface area contributed by atoms with Crippen molar-refractivity contribution in [2.45, 2.75) is 38.6 Å². The average molecular weight is 467 g/mol. The maximum atomic E-state index is 13.5. The molecular formula is C26H30N2O4S. The predicted molar refractivity (Wildman–Crippen MR) is 131 cm³/mol. The Morgan fingerprint density at radius 3 is 2.24 bits per heavy atom. The summed E-state index contributed by atoms with van der Waals surface area (Å²) in [4.78, 5) is 13.1. The van der Waals surface area contributed by atoms with Crippen LogP contribution in [0.15, 0.2) is 77.7 Å². The summed E-state index contributed by atoms with van der Waals surface area (Å²) in [5.41, 5.74) is 3.20. The third-order valence-corrected chi connectivity index (χ3v) is 7.04. The first kappa shape index (κ1) is 24.3. The molecule has 0 spiro atoms. The fraction of sp³-hybridized carbons (Fsp3) is 0.269. The summed E-state index contributed by atoms with van der Waals surface area (Å²) >= 11 is 0. The maximum absolute atomic E-state index is 13.5. The Balaban J connectivity index is 1.84. The molecule has 0 saturated carbocycles. The minimum atomic E-state index is -3.94. The molecule has 174 valence electrons. The number of hydrogen-bond donors (Lipinski definition) is 1. The Labute approximate surface area is 196 Å². The van der Waals surface area contributed by atoms with Crippen molar-refractivity contribution in [3.63, 3.8) is 0 Å². The third-order valence-electron chi connectivity index (χ3n) is 5.25. The van der Waals surface area contributed by atoms with Gasteiger partial charge in [0.1, 0.15) is 12.3 Å². The molecule has 7 heteroatoms. The van der Waals surface area contributed by atoms with E-state index in [0.717, 1.165) is 26.7 Å². The van der Waals surface area contributed by atoms with Gasteiger partial charge in [-0.15, -0.1) is 0 Å². The van der Waals surface area contributed by atoms with Crippen LogP contribution in [0.5, 0.6) is 5.75 Å². The van der Waals surface area contributed by atoms with Crippen molar-refractivity contribution in [2.75, 3.05) is 17.5 Å². The van der Waals surface area contributed by atoms with Crippen molar-refractivity contribution in [2.24, 2.45) is 0 Å². The Hall–Kier alpha value is -3.32. The van der Waals surface area contributed by atoms with E-state index in [1.165, 1.54) is 0 Å². The number of hydrogen-bond acceptors (Lipinski definition) is 4. The number of sulfonamides is 1. The summed E-state index contributed by atoms with van der Waals surface area (Å²) in [7, 11) is -3.94. The number of carbonyl (C=O) groups is 1. The van der Waals surface area contributed by atoms with E-state index in [1.807, 2.05) is 58.0 Å². The molecule has 0 radical (unpaired) electrons. The smallest absolute Gasteiger partial charge is 0.264 e. The summed E-state index contributed by atoms with van der Waals surface area (Å²) < 4.78 is 33.6. The van der Waals surface area contributed by atoms with E-state index in [0.29, 0.717) is 12.3 Å². The van der Waals surface area contributed by atoms with Gasteiger partial charge in [-0.05, 0) is 75.2 Å². The highest BCUT2D eigenvalue weighted by Crippen LogP contribution is 2.25. The zero-order valence-electron chi connectivity index (χ0n) is 19.4. The quantitative estimate of drug-likeness (QED) is 0.493. The molecule has 0 fully saturated rings. The molecule has 0 aliphatic heterocycles. The van der Waals surface area contributed by atoms with Gasteiger partial charge in [0.25, 0.3) is 10.0 Å². The monoisotopic (exact) mass is 466 g/mol. The molecule has 0 aliphatic carbocycles. The predicted octanol–water partition coefficient (Wildman–Crippen LogP) is 4.77. The van der Waals surface area contributed by atoms with E-state index in [-0.39, 0.29) is 17.5 Å². The molecule has 0 aliphatic rings. The molecule has 0 bridgehead atoms. The zero-order valence-corrected chi connectivity index (χ0v) is 20.2. The lowest BCUT2D eigenvalue weighted by Gasteiger charge is -2.25. The van der Waals surface area contributed by atoms with Gasteiger partial charge in [-0.2, -0.15) is 0 Å². The van der Waals surface area contributed by atoms with Crippen molar-refractivity contribution in [1.29, 1.82) is 0 Å². The highest BCUT2D eigenvalue weighted by Gasteiger charge is 2.27. The van der Waals surface area contributed by atoms with Crippen molar-refractivity contribution < 1.29 is 17.9 Å². The number of amides is 1. The van der Waals surface area contributed by atoms with E-state index in [1.54, 1.807) is 42.5 Å². The van der Waals surface area contributed by atoms with Gasteiger partial charge < -0.3 is 10.1 Å². The molecule has 1 N–H and O–H groups in total. The standard InChI is InChI=1S/C26H30N2O4S/c1-5-32-24-13-11-22(12-14-24)21(4)27-26(29)18-28(23-8-6-7-20(3)17-23)33(30,31)25-15-9-19(2)10-16-25/h6-17,21H,5,18H2,1-4H3,(H,27,29)/t21-/m1/s1. The molecule has 1 atom stereocenters. The van der Waals surface area contributed by atoms with E-state index in [4.69, 9.17) is 4.74 Å². The summed E-state index contributed by atoms with van der Waals surface area (Å²) in [5, 5.41) is 2.91. The van der Waals surface area contributed by atoms with Gasteiger partial charge in [0, 0.05) is 0 Å². The summed E-state index contributed by atoms with van der Waals surface area (Å²) in [6, 6.07) is 20.9. The Morgan fingerprint density at radius 1 is 0.970 bits per heavy atom. The molecule has 0 heterocycles. The van der Waals surface area contributed by atoms with E-state index in [9.17, 15) is 13.2 Å². The van der Waals surface area contributed by atoms with Crippen LogP contribution in [0, 0.1) is 13.8 Å². The SMILES string of the molecule is CCOc1ccc([C@@H](C)NC(=O)CN(c2cccc(C)c2)S(=O)(=O)c2ccc(C)cc2)cc1. The minimum absolute atomic E-state index is 0.141. The normalized spacial score (nSPS) is 12.1. The second kappa shape index (κ2) is 10.5. The fourth-order valence-electron chi connectivity index (χ4n) is 3.46. The highest BCUT2D eigenvalue weighted by atomic mass is 32.2. The molecule has 6 nitrogen and oxygen atoms in total. The van der Waals surface area contributed by atoms with Crippen LogP contribution in [0.2, 0.25) is 0 Å². The average Bonchev–Trinajstić information content (AvgIpc) is 2.78. The van der Waals surface area contributed by atoms with Crippen LogP contribution in [-0.4, -0.2) is 27.5 Å². The lowest BCUT2D eigenvalue weighted by atomic mass is 10.1. The lowest BCUT2D eigenvalue weighted by molar-refractivity contribution is -0.120. The van der Waals surface area contributed by atoms with Gasteiger partial charge in [-0.1, -0.05) is 42.0 Å².